The molecule has 10 heteroatoms. The number of halogens is 1. The minimum absolute atomic E-state index is 0.0155. The van der Waals surface area contributed by atoms with Crippen molar-refractivity contribution in [3.8, 4) is 0 Å². The molecular formula is C23H19ClN4O4S. The molecule has 0 radical (unpaired) electrons. The number of para-hydroxylation sites is 2. The predicted octanol–water partition coefficient (Wildman–Crippen LogP) is 3.80. The second-order valence-electron chi connectivity index (χ2n) is 7.31. The van der Waals surface area contributed by atoms with Crippen LogP contribution in [0.4, 0.5) is 11.4 Å². The van der Waals surface area contributed by atoms with Gasteiger partial charge in [-0.15, -0.1) is 0 Å². The van der Waals surface area contributed by atoms with Gasteiger partial charge in [-0.2, -0.15) is 0 Å². The van der Waals surface area contributed by atoms with Crippen LogP contribution in [0.2, 0.25) is 5.02 Å². The second kappa shape index (κ2) is 9.05. The lowest BCUT2D eigenvalue weighted by Crippen LogP contribution is -2.28. The van der Waals surface area contributed by atoms with E-state index in [9.17, 15) is 18.0 Å². The Labute approximate surface area is 194 Å². The largest absolute Gasteiger partial charge is 0.324 e. The van der Waals surface area contributed by atoms with Crippen molar-refractivity contribution >= 4 is 49.9 Å². The fourth-order valence-corrected chi connectivity index (χ4v) is 4.77. The van der Waals surface area contributed by atoms with Crippen LogP contribution in [-0.4, -0.2) is 23.9 Å². The van der Waals surface area contributed by atoms with Crippen molar-refractivity contribution in [1.82, 2.24) is 9.55 Å². The highest BCUT2D eigenvalue weighted by molar-refractivity contribution is 7.92. The lowest BCUT2D eigenvalue weighted by atomic mass is 10.2. The first-order valence-corrected chi connectivity index (χ1v) is 11.7. The number of fused-ring (bicyclic) bond motifs is 1. The Bertz CT molecular complexity index is 1520. The zero-order valence-electron chi connectivity index (χ0n) is 17.4. The van der Waals surface area contributed by atoms with Gasteiger partial charge in [0.25, 0.3) is 15.6 Å². The summed E-state index contributed by atoms with van der Waals surface area (Å²) in [5, 5.41) is 3.15. The van der Waals surface area contributed by atoms with E-state index < -0.39 is 21.5 Å². The van der Waals surface area contributed by atoms with Gasteiger partial charge in [-0.25, -0.2) is 13.4 Å². The van der Waals surface area contributed by atoms with E-state index >= 15 is 0 Å². The SMILES string of the molecule is Cc1ccc(NC(=O)Cn2c(=O)cnc3ccccc32)cc1S(=O)(=O)Nc1ccc(Cl)cc1. The van der Waals surface area contributed by atoms with Gasteiger partial charge >= 0.3 is 0 Å². The van der Waals surface area contributed by atoms with Crippen LogP contribution in [0.5, 0.6) is 0 Å². The van der Waals surface area contributed by atoms with Crippen LogP contribution in [0.1, 0.15) is 5.56 Å². The minimum Gasteiger partial charge on any atom is -0.324 e. The number of nitrogens with one attached hydrogen (secondary N) is 2. The Kier molecular flexibility index (Phi) is 6.17. The Morgan fingerprint density at radius 1 is 1.03 bits per heavy atom. The third-order valence-corrected chi connectivity index (χ3v) is 6.69. The van der Waals surface area contributed by atoms with Crippen molar-refractivity contribution in [1.29, 1.82) is 0 Å². The summed E-state index contributed by atoms with van der Waals surface area (Å²) in [6.07, 6.45) is 1.16. The fraction of sp³-hybridized carbons (Fsp3) is 0.0870. The van der Waals surface area contributed by atoms with E-state index in [1.165, 1.54) is 10.6 Å². The molecule has 33 heavy (non-hydrogen) atoms. The van der Waals surface area contributed by atoms with Gasteiger partial charge in [0, 0.05) is 16.4 Å². The van der Waals surface area contributed by atoms with E-state index in [0.29, 0.717) is 27.3 Å². The summed E-state index contributed by atoms with van der Waals surface area (Å²) in [7, 11) is -3.92. The lowest BCUT2D eigenvalue weighted by Gasteiger charge is -2.13. The Morgan fingerprint density at radius 2 is 1.73 bits per heavy atom. The van der Waals surface area contributed by atoms with Gasteiger partial charge in [-0.3, -0.25) is 18.9 Å². The zero-order valence-corrected chi connectivity index (χ0v) is 19.0. The number of carbonyl (C=O) groups is 1. The van der Waals surface area contributed by atoms with Gasteiger partial charge < -0.3 is 5.32 Å². The molecular weight excluding hydrogens is 464 g/mol. The number of sulfonamides is 1. The topological polar surface area (TPSA) is 110 Å². The van der Waals surface area contributed by atoms with Crippen LogP contribution in [0.3, 0.4) is 0 Å². The number of amides is 1. The van der Waals surface area contributed by atoms with Crippen molar-refractivity contribution in [2.24, 2.45) is 0 Å². The van der Waals surface area contributed by atoms with E-state index in [4.69, 9.17) is 11.6 Å². The van der Waals surface area contributed by atoms with E-state index in [0.717, 1.165) is 6.20 Å². The predicted molar refractivity (Wildman–Crippen MR) is 128 cm³/mol. The maximum Gasteiger partial charge on any atom is 0.269 e. The molecule has 4 aromatic rings. The molecule has 4 rings (SSSR count). The molecule has 0 unspecified atom stereocenters. The van der Waals surface area contributed by atoms with Crippen molar-refractivity contribution in [2.45, 2.75) is 18.4 Å². The first-order valence-electron chi connectivity index (χ1n) is 9.86. The number of carbonyl (C=O) groups excluding carboxylic acids is 1. The highest BCUT2D eigenvalue weighted by Gasteiger charge is 2.18. The Hall–Kier alpha value is -3.69. The average molecular weight is 483 g/mol. The number of rotatable bonds is 6. The number of aryl methyl sites for hydroxylation is 1. The molecule has 0 aliphatic heterocycles. The molecule has 3 aromatic carbocycles. The second-order valence-corrected chi connectivity index (χ2v) is 9.40. The van der Waals surface area contributed by atoms with Crippen LogP contribution < -0.4 is 15.6 Å². The molecule has 0 bridgehead atoms. The van der Waals surface area contributed by atoms with E-state index in [2.05, 4.69) is 15.0 Å². The van der Waals surface area contributed by atoms with Gasteiger partial charge in [0.1, 0.15) is 6.54 Å². The number of nitrogens with zero attached hydrogens (tertiary/aromatic N) is 2. The van der Waals surface area contributed by atoms with Crippen molar-refractivity contribution in [3.05, 3.63) is 93.9 Å². The molecule has 0 saturated carbocycles. The fourth-order valence-electron chi connectivity index (χ4n) is 3.32. The number of hydrogen-bond acceptors (Lipinski definition) is 5. The van der Waals surface area contributed by atoms with Crippen molar-refractivity contribution < 1.29 is 13.2 Å². The Balaban J connectivity index is 1.57. The molecule has 0 atom stereocenters. The number of anilines is 2. The van der Waals surface area contributed by atoms with E-state index in [-0.39, 0.29) is 17.1 Å². The molecule has 1 aromatic heterocycles. The molecule has 0 aliphatic rings. The third-order valence-electron chi connectivity index (χ3n) is 4.91. The van der Waals surface area contributed by atoms with Gasteiger partial charge in [0.2, 0.25) is 5.91 Å². The summed E-state index contributed by atoms with van der Waals surface area (Å²) in [4.78, 5) is 29.0. The van der Waals surface area contributed by atoms with Crippen molar-refractivity contribution in [3.63, 3.8) is 0 Å². The standard InChI is InChI=1S/C23H19ClN4O4S/c1-15-6-9-18(12-21(15)33(31,32)27-17-10-7-16(24)8-11-17)26-22(29)14-28-20-5-3-2-4-19(20)25-13-23(28)30/h2-13,27H,14H2,1H3,(H,26,29). The number of aromatic nitrogens is 2. The van der Waals surface area contributed by atoms with E-state index in [1.54, 1.807) is 67.6 Å². The molecule has 2 N–H and O–H groups in total. The smallest absolute Gasteiger partial charge is 0.269 e. The quantitative estimate of drug-likeness (QED) is 0.434. The third kappa shape index (κ3) is 5.05. The van der Waals surface area contributed by atoms with Crippen LogP contribution >= 0.6 is 11.6 Å². The summed E-state index contributed by atoms with van der Waals surface area (Å²) in [6.45, 7) is 1.41. The van der Waals surface area contributed by atoms with Crippen LogP contribution in [-0.2, 0) is 21.4 Å². The molecule has 168 valence electrons. The molecule has 0 saturated heterocycles. The first kappa shape index (κ1) is 22.5. The normalized spacial score (nSPS) is 11.3. The van der Waals surface area contributed by atoms with Crippen LogP contribution in [0, 0.1) is 6.92 Å². The monoisotopic (exact) mass is 482 g/mol. The van der Waals surface area contributed by atoms with Gasteiger partial charge in [-0.1, -0.05) is 29.8 Å². The Morgan fingerprint density at radius 3 is 2.48 bits per heavy atom. The number of hydrogen-bond donors (Lipinski definition) is 2. The maximum atomic E-state index is 12.9. The summed E-state index contributed by atoms with van der Waals surface area (Å²) >= 11 is 5.85. The average Bonchev–Trinajstić information content (AvgIpc) is 2.78. The molecule has 0 fully saturated rings. The number of benzene rings is 3. The summed E-state index contributed by atoms with van der Waals surface area (Å²) in [5.41, 5.74) is 1.85. The van der Waals surface area contributed by atoms with Gasteiger partial charge in [-0.05, 0) is 61.0 Å². The lowest BCUT2D eigenvalue weighted by molar-refractivity contribution is -0.116. The highest BCUT2D eigenvalue weighted by atomic mass is 35.5. The molecule has 0 spiro atoms. The molecule has 0 aliphatic carbocycles. The molecule has 1 amide bonds. The summed E-state index contributed by atoms with van der Waals surface area (Å²) < 4.78 is 29.6. The van der Waals surface area contributed by atoms with E-state index in [1.807, 2.05) is 0 Å². The highest BCUT2D eigenvalue weighted by Crippen LogP contribution is 2.24. The van der Waals surface area contributed by atoms with Crippen LogP contribution in [0.25, 0.3) is 11.0 Å². The minimum atomic E-state index is -3.92. The molecule has 8 nitrogen and oxygen atoms in total. The first-order chi connectivity index (χ1) is 15.7. The van der Waals surface area contributed by atoms with Crippen LogP contribution in [0.15, 0.2) is 82.6 Å². The molecule has 1 heterocycles. The zero-order chi connectivity index (χ0) is 23.6. The summed E-state index contributed by atoms with van der Waals surface area (Å²) in [6, 6.07) is 17.8. The van der Waals surface area contributed by atoms with Gasteiger partial charge in [0.05, 0.1) is 22.1 Å². The maximum absolute atomic E-state index is 12.9. The van der Waals surface area contributed by atoms with Gasteiger partial charge in [0.15, 0.2) is 0 Å². The van der Waals surface area contributed by atoms with Crippen molar-refractivity contribution in [2.75, 3.05) is 10.0 Å². The summed E-state index contributed by atoms with van der Waals surface area (Å²) in [5.74, 6) is -0.480.